The Balaban J connectivity index is 1.65. The second kappa shape index (κ2) is 7.41. The van der Waals surface area contributed by atoms with Gasteiger partial charge in [-0.2, -0.15) is 4.98 Å². The van der Waals surface area contributed by atoms with Gasteiger partial charge in [-0.15, -0.1) is 0 Å². The molecule has 1 aliphatic carbocycles. The maximum atomic E-state index is 11.5. The van der Waals surface area contributed by atoms with Crippen LogP contribution in [-0.4, -0.2) is 22.3 Å². The number of benzene rings is 1. The van der Waals surface area contributed by atoms with E-state index in [1.807, 2.05) is 12.1 Å². The summed E-state index contributed by atoms with van der Waals surface area (Å²) >= 11 is 0. The minimum atomic E-state index is -0.360. The molecular weight excluding hydrogens is 326 g/mol. The van der Waals surface area contributed by atoms with Crippen molar-refractivity contribution in [3.63, 3.8) is 0 Å². The topological polar surface area (TPSA) is 78.9 Å². The number of fused-ring (bicyclic) bond motifs is 1. The molecule has 0 radical (unpaired) electrons. The summed E-state index contributed by atoms with van der Waals surface area (Å²) < 4.78 is 0. The molecule has 0 spiro atoms. The fourth-order valence-corrected chi connectivity index (χ4v) is 3.77. The number of aldehydes is 1. The third-order valence-corrected chi connectivity index (χ3v) is 5.21. The number of aromatic nitrogens is 2. The standard InChI is InChI=1S/C20H25N5O/c1-13-7-9-15(10-8-13)22-19-18-16(11-21-17(18)12-26)24-20(25-19)23-14-5-3-2-4-6-14/h7-10,12,14,17,21H,2-6,11H2,1H3,(H2,22,23,24,25). The molecule has 1 fully saturated rings. The van der Waals surface area contributed by atoms with Gasteiger partial charge in [-0.05, 0) is 31.9 Å². The van der Waals surface area contributed by atoms with Gasteiger partial charge in [0.1, 0.15) is 12.1 Å². The highest BCUT2D eigenvalue weighted by Gasteiger charge is 2.28. The van der Waals surface area contributed by atoms with E-state index in [2.05, 4.69) is 40.0 Å². The third-order valence-electron chi connectivity index (χ3n) is 5.21. The first-order valence-corrected chi connectivity index (χ1v) is 9.42. The third kappa shape index (κ3) is 3.55. The molecule has 0 saturated heterocycles. The van der Waals surface area contributed by atoms with Crippen molar-refractivity contribution in [3.05, 3.63) is 41.1 Å². The van der Waals surface area contributed by atoms with Crippen molar-refractivity contribution < 1.29 is 4.79 Å². The molecule has 2 aromatic rings. The molecular formula is C20H25N5O. The summed E-state index contributed by atoms with van der Waals surface area (Å²) in [6.07, 6.45) is 7.07. The number of anilines is 3. The van der Waals surface area contributed by atoms with Gasteiger partial charge in [0.2, 0.25) is 5.95 Å². The fraction of sp³-hybridized carbons (Fsp3) is 0.450. The Kier molecular flexibility index (Phi) is 4.84. The second-order valence-electron chi connectivity index (χ2n) is 7.22. The number of aryl methyl sites for hydroxylation is 1. The molecule has 1 aromatic carbocycles. The van der Waals surface area contributed by atoms with Crippen molar-refractivity contribution in [3.8, 4) is 0 Å². The average molecular weight is 351 g/mol. The Bertz CT molecular complexity index is 784. The van der Waals surface area contributed by atoms with Gasteiger partial charge < -0.3 is 15.4 Å². The Morgan fingerprint density at radius 3 is 2.62 bits per heavy atom. The highest BCUT2D eigenvalue weighted by atomic mass is 16.1. The van der Waals surface area contributed by atoms with E-state index >= 15 is 0 Å². The maximum absolute atomic E-state index is 11.5. The van der Waals surface area contributed by atoms with Crippen LogP contribution in [0, 0.1) is 6.92 Å². The predicted octanol–water partition coefficient (Wildman–Crippen LogP) is 3.62. The monoisotopic (exact) mass is 351 g/mol. The molecule has 136 valence electrons. The molecule has 2 heterocycles. The molecule has 4 rings (SSSR count). The minimum Gasteiger partial charge on any atom is -0.351 e. The molecule has 0 amide bonds. The number of nitrogens with one attached hydrogen (secondary N) is 3. The fourth-order valence-electron chi connectivity index (χ4n) is 3.77. The van der Waals surface area contributed by atoms with Gasteiger partial charge in [-0.3, -0.25) is 5.32 Å². The first-order valence-electron chi connectivity index (χ1n) is 9.42. The van der Waals surface area contributed by atoms with E-state index in [0.717, 1.165) is 36.1 Å². The van der Waals surface area contributed by atoms with E-state index in [4.69, 9.17) is 4.98 Å². The van der Waals surface area contributed by atoms with Crippen molar-refractivity contribution >= 4 is 23.7 Å². The van der Waals surface area contributed by atoms with E-state index < -0.39 is 0 Å². The van der Waals surface area contributed by atoms with E-state index in [1.54, 1.807) is 0 Å². The van der Waals surface area contributed by atoms with Gasteiger partial charge in [0, 0.05) is 23.8 Å². The highest BCUT2D eigenvalue weighted by Crippen LogP contribution is 2.32. The van der Waals surface area contributed by atoms with Crippen LogP contribution in [0.5, 0.6) is 0 Å². The number of rotatable bonds is 5. The van der Waals surface area contributed by atoms with Crippen LogP contribution < -0.4 is 16.0 Å². The van der Waals surface area contributed by atoms with Gasteiger partial charge in [0.15, 0.2) is 0 Å². The Morgan fingerprint density at radius 1 is 1.12 bits per heavy atom. The molecule has 3 N–H and O–H groups in total. The van der Waals surface area contributed by atoms with Crippen molar-refractivity contribution in [2.45, 2.75) is 57.7 Å². The van der Waals surface area contributed by atoms with Crippen LogP contribution >= 0.6 is 0 Å². The lowest BCUT2D eigenvalue weighted by Crippen LogP contribution is -2.24. The lowest BCUT2D eigenvalue weighted by molar-refractivity contribution is -0.109. The lowest BCUT2D eigenvalue weighted by Gasteiger charge is -2.23. The lowest BCUT2D eigenvalue weighted by atomic mass is 9.96. The first-order chi connectivity index (χ1) is 12.7. The minimum absolute atomic E-state index is 0.360. The smallest absolute Gasteiger partial charge is 0.225 e. The Labute approximate surface area is 153 Å². The number of hydrogen-bond donors (Lipinski definition) is 3. The molecule has 0 bridgehead atoms. The molecule has 1 saturated carbocycles. The Morgan fingerprint density at radius 2 is 1.88 bits per heavy atom. The molecule has 6 heteroatoms. The average Bonchev–Trinajstić information content (AvgIpc) is 3.08. The van der Waals surface area contributed by atoms with E-state index in [-0.39, 0.29) is 6.04 Å². The molecule has 1 aliphatic heterocycles. The quantitative estimate of drug-likeness (QED) is 0.714. The van der Waals surface area contributed by atoms with Gasteiger partial charge in [-0.1, -0.05) is 37.0 Å². The van der Waals surface area contributed by atoms with E-state index in [1.165, 1.54) is 24.8 Å². The van der Waals surface area contributed by atoms with Gasteiger partial charge in [0.25, 0.3) is 0 Å². The van der Waals surface area contributed by atoms with E-state index in [0.29, 0.717) is 24.4 Å². The molecule has 1 unspecified atom stereocenters. The van der Waals surface area contributed by atoms with Crippen molar-refractivity contribution in [1.82, 2.24) is 15.3 Å². The Hall–Kier alpha value is -2.47. The van der Waals surface area contributed by atoms with Crippen LogP contribution in [0.25, 0.3) is 0 Å². The summed E-state index contributed by atoms with van der Waals surface area (Å²) in [5.74, 6) is 1.36. The first kappa shape index (κ1) is 17.0. The number of hydrogen-bond acceptors (Lipinski definition) is 6. The summed E-state index contributed by atoms with van der Waals surface area (Å²) in [4.78, 5) is 20.9. The molecule has 1 atom stereocenters. The second-order valence-corrected chi connectivity index (χ2v) is 7.22. The zero-order chi connectivity index (χ0) is 17.9. The summed E-state index contributed by atoms with van der Waals surface area (Å²) in [6, 6.07) is 8.24. The SMILES string of the molecule is Cc1ccc(Nc2nc(NC3CCCCC3)nc3c2C(C=O)NC3)cc1. The van der Waals surface area contributed by atoms with Crippen LogP contribution in [0.2, 0.25) is 0 Å². The van der Waals surface area contributed by atoms with Crippen molar-refractivity contribution in [2.75, 3.05) is 10.6 Å². The molecule has 6 nitrogen and oxygen atoms in total. The maximum Gasteiger partial charge on any atom is 0.225 e. The number of carbonyl (C=O) groups excluding carboxylic acids is 1. The van der Waals surface area contributed by atoms with Gasteiger partial charge >= 0.3 is 0 Å². The van der Waals surface area contributed by atoms with Crippen molar-refractivity contribution in [1.29, 1.82) is 0 Å². The summed E-state index contributed by atoms with van der Waals surface area (Å²) in [6.45, 7) is 2.65. The van der Waals surface area contributed by atoms with E-state index in [9.17, 15) is 4.79 Å². The van der Waals surface area contributed by atoms with Crippen LogP contribution in [0.1, 0.15) is 55.0 Å². The van der Waals surface area contributed by atoms with Crippen LogP contribution in [-0.2, 0) is 11.3 Å². The van der Waals surface area contributed by atoms with Crippen LogP contribution in [0.3, 0.4) is 0 Å². The van der Waals surface area contributed by atoms with Crippen LogP contribution in [0.15, 0.2) is 24.3 Å². The number of nitrogens with zero attached hydrogens (tertiary/aromatic N) is 2. The van der Waals surface area contributed by atoms with Crippen molar-refractivity contribution in [2.24, 2.45) is 0 Å². The molecule has 1 aromatic heterocycles. The largest absolute Gasteiger partial charge is 0.351 e. The van der Waals surface area contributed by atoms with Gasteiger partial charge in [-0.25, -0.2) is 4.98 Å². The summed E-state index contributed by atoms with van der Waals surface area (Å²) in [7, 11) is 0. The number of carbonyl (C=O) groups is 1. The summed E-state index contributed by atoms with van der Waals surface area (Å²) in [5, 5.41) is 10.1. The zero-order valence-electron chi connectivity index (χ0n) is 15.1. The van der Waals surface area contributed by atoms with Crippen LogP contribution in [0.4, 0.5) is 17.5 Å². The highest BCUT2D eigenvalue weighted by molar-refractivity contribution is 5.72. The summed E-state index contributed by atoms with van der Waals surface area (Å²) in [5.41, 5.74) is 3.91. The molecule has 26 heavy (non-hydrogen) atoms. The normalized spacial score (nSPS) is 19.8. The predicted molar refractivity (Wildman–Crippen MR) is 103 cm³/mol. The zero-order valence-corrected chi connectivity index (χ0v) is 15.1. The van der Waals surface area contributed by atoms with Gasteiger partial charge in [0.05, 0.1) is 11.7 Å². The molecule has 2 aliphatic rings.